The highest BCUT2D eigenvalue weighted by Crippen LogP contribution is 2.42. The van der Waals surface area contributed by atoms with Crippen LogP contribution in [0.3, 0.4) is 0 Å². The number of anilines is 4. The van der Waals surface area contributed by atoms with Crippen molar-refractivity contribution in [2.75, 3.05) is 16.3 Å². The first-order valence-corrected chi connectivity index (χ1v) is 26.4. The fourth-order valence-corrected chi connectivity index (χ4v) is 11.0. The summed E-state index contributed by atoms with van der Waals surface area (Å²) in [5.41, 5.74) is 22.9. The van der Waals surface area contributed by atoms with E-state index in [0.29, 0.717) is 0 Å². The highest BCUT2D eigenvalue weighted by molar-refractivity contribution is 5.96. The maximum atomic E-state index is 4.93. The van der Waals surface area contributed by atoms with Crippen molar-refractivity contribution < 1.29 is 0 Å². The molecule has 0 spiro atoms. The van der Waals surface area contributed by atoms with Crippen molar-refractivity contribution in [3.8, 4) is 11.1 Å². The molecule has 8 aromatic rings. The number of aryl methyl sites for hydroxylation is 1. The standard InChI is InChI=1S/C73H62N2/c1-4-20-60(72-35-19-28-61-25-13-14-34-71(61)72)27-17-21-55-36-41-66(42-37-55)75(67-43-38-56(39-44-67)49-57-47-53(2)48-64(50-57)58-22-7-5-8-23-58)68-32-18-29-63(51-68)69-33-15-16-46-74(65-30-9-6-10-31-65)73-52-62-26-12-11-24-59(62)40-45-70(73)54(69)3/h4-11,13-20,22-25,27-45,47-48,50-51H,1,3,12,21,26,46,49,52H2,2H3/b16-15-,27-17-,60-20+,69-33+. The lowest BCUT2D eigenvalue weighted by Crippen LogP contribution is -2.24. The molecule has 2 nitrogen and oxygen atoms in total. The molecular formula is C73H62N2. The molecule has 0 saturated carbocycles. The average molecular weight is 967 g/mol. The highest BCUT2D eigenvalue weighted by atomic mass is 15.1. The number of nitrogens with zero attached hydrogens (tertiary/aromatic N) is 2. The van der Waals surface area contributed by atoms with Crippen LogP contribution >= 0.6 is 0 Å². The number of rotatable bonds is 13. The molecule has 0 bridgehead atoms. The van der Waals surface area contributed by atoms with Gasteiger partial charge in [-0.25, -0.2) is 0 Å². The minimum Gasteiger partial charge on any atom is -0.340 e. The number of hydrogen-bond acceptors (Lipinski definition) is 2. The van der Waals surface area contributed by atoms with Gasteiger partial charge in [0, 0.05) is 47.0 Å². The van der Waals surface area contributed by atoms with Crippen molar-refractivity contribution in [2.45, 2.75) is 39.0 Å². The molecule has 0 unspecified atom stereocenters. The second-order valence-corrected chi connectivity index (χ2v) is 19.8. The topological polar surface area (TPSA) is 6.48 Å². The summed E-state index contributed by atoms with van der Waals surface area (Å²) in [6, 6.07) is 70.7. The molecule has 0 radical (unpaired) electrons. The van der Waals surface area contributed by atoms with Gasteiger partial charge in [-0.05, 0) is 153 Å². The molecule has 0 fully saturated rings. The van der Waals surface area contributed by atoms with Crippen LogP contribution in [0.1, 0.15) is 52.6 Å². The third-order valence-electron chi connectivity index (χ3n) is 14.7. The van der Waals surface area contributed by atoms with Gasteiger partial charge in [0.2, 0.25) is 0 Å². The third kappa shape index (κ3) is 10.9. The van der Waals surface area contributed by atoms with Gasteiger partial charge in [0.05, 0.1) is 0 Å². The van der Waals surface area contributed by atoms with Gasteiger partial charge in [-0.15, -0.1) is 0 Å². The summed E-state index contributed by atoms with van der Waals surface area (Å²) in [7, 11) is 0. The van der Waals surface area contributed by atoms with Gasteiger partial charge in [-0.1, -0.05) is 237 Å². The zero-order valence-corrected chi connectivity index (χ0v) is 42.9. The Bertz CT molecular complexity index is 3660. The van der Waals surface area contributed by atoms with E-state index in [1.807, 2.05) is 6.08 Å². The quantitative estimate of drug-likeness (QED) is 0.106. The summed E-state index contributed by atoms with van der Waals surface area (Å²) in [5, 5.41) is 2.47. The lowest BCUT2D eigenvalue weighted by atomic mass is 9.89. The lowest BCUT2D eigenvalue weighted by Gasteiger charge is -2.30. The van der Waals surface area contributed by atoms with Crippen LogP contribution in [0.15, 0.2) is 302 Å². The first-order valence-electron chi connectivity index (χ1n) is 26.4. The minimum atomic E-state index is 0.761. The van der Waals surface area contributed by atoms with E-state index in [0.717, 1.165) is 78.0 Å². The second-order valence-electron chi connectivity index (χ2n) is 19.8. The molecule has 75 heavy (non-hydrogen) atoms. The molecule has 2 aliphatic carbocycles. The zero-order valence-electron chi connectivity index (χ0n) is 42.9. The molecule has 0 aromatic heterocycles. The van der Waals surface area contributed by atoms with Crippen LogP contribution in [-0.4, -0.2) is 6.54 Å². The molecule has 8 aromatic carbocycles. The lowest BCUT2D eigenvalue weighted by molar-refractivity contribution is 0.855. The Labute approximate surface area is 444 Å². The van der Waals surface area contributed by atoms with Crippen LogP contribution in [0.25, 0.3) is 33.0 Å². The van der Waals surface area contributed by atoms with Gasteiger partial charge in [0.15, 0.2) is 0 Å². The van der Waals surface area contributed by atoms with Crippen LogP contribution in [0.5, 0.6) is 0 Å². The van der Waals surface area contributed by atoms with Crippen LogP contribution in [-0.2, 0) is 12.8 Å². The van der Waals surface area contributed by atoms with Crippen LogP contribution in [0, 0.1) is 6.92 Å². The number of para-hydroxylation sites is 1. The minimum absolute atomic E-state index is 0.761. The molecule has 1 heterocycles. The van der Waals surface area contributed by atoms with Crippen molar-refractivity contribution in [3.05, 3.63) is 335 Å². The summed E-state index contributed by atoms with van der Waals surface area (Å²) < 4.78 is 0. The Balaban J connectivity index is 0.937. The maximum Gasteiger partial charge on any atom is 0.0467 e. The van der Waals surface area contributed by atoms with Gasteiger partial charge in [-0.2, -0.15) is 0 Å². The second kappa shape index (κ2) is 22.4. The van der Waals surface area contributed by atoms with E-state index < -0.39 is 0 Å². The van der Waals surface area contributed by atoms with Crippen molar-refractivity contribution in [1.82, 2.24) is 0 Å². The number of hydrogen-bond donors (Lipinski definition) is 0. The van der Waals surface area contributed by atoms with Crippen LogP contribution in [0.4, 0.5) is 22.7 Å². The Morgan fingerprint density at radius 1 is 0.627 bits per heavy atom. The smallest absolute Gasteiger partial charge is 0.0467 e. The van der Waals surface area contributed by atoms with Gasteiger partial charge in [0.1, 0.15) is 0 Å². The molecule has 0 amide bonds. The summed E-state index contributed by atoms with van der Waals surface area (Å²) in [4.78, 5) is 4.88. The predicted molar refractivity (Wildman–Crippen MR) is 322 cm³/mol. The van der Waals surface area contributed by atoms with E-state index in [9.17, 15) is 0 Å². The monoisotopic (exact) mass is 966 g/mol. The normalized spacial score (nSPS) is 15.9. The summed E-state index contributed by atoms with van der Waals surface area (Å²) in [6.45, 7) is 11.9. The van der Waals surface area contributed by atoms with E-state index in [1.165, 1.54) is 77.8 Å². The molecule has 2 heteroatoms. The maximum absolute atomic E-state index is 4.93. The van der Waals surface area contributed by atoms with Gasteiger partial charge < -0.3 is 9.80 Å². The van der Waals surface area contributed by atoms with Crippen LogP contribution in [0.2, 0.25) is 0 Å². The third-order valence-corrected chi connectivity index (χ3v) is 14.7. The first-order chi connectivity index (χ1) is 37.0. The molecule has 0 N–H and O–H groups in total. The van der Waals surface area contributed by atoms with E-state index >= 15 is 0 Å². The van der Waals surface area contributed by atoms with Crippen molar-refractivity contribution in [3.63, 3.8) is 0 Å². The Hall–Kier alpha value is -8.98. The van der Waals surface area contributed by atoms with E-state index in [-0.39, 0.29) is 0 Å². The summed E-state index contributed by atoms with van der Waals surface area (Å²) >= 11 is 0. The Morgan fingerprint density at radius 3 is 2.15 bits per heavy atom. The molecule has 3 aliphatic rings. The Kier molecular flexibility index (Phi) is 14.4. The van der Waals surface area contributed by atoms with Gasteiger partial charge in [0.25, 0.3) is 0 Å². The number of fused-ring (bicyclic) bond motifs is 1. The van der Waals surface area contributed by atoms with Crippen molar-refractivity contribution >= 4 is 44.7 Å². The summed E-state index contributed by atoms with van der Waals surface area (Å²) in [5.74, 6) is 0. The van der Waals surface area contributed by atoms with Crippen LogP contribution < -0.4 is 9.80 Å². The largest absolute Gasteiger partial charge is 0.340 e. The number of allylic oxidation sites excluding steroid dienone is 16. The van der Waals surface area contributed by atoms with E-state index in [1.54, 1.807) is 0 Å². The molecule has 0 atom stereocenters. The Morgan fingerprint density at radius 2 is 1.35 bits per heavy atom. The zero-order chi connectivity index (χ0) is 50.9. The van der Waals surface area contributed by atoms with Gasteiger partial charge >= 0.3 is 0 Å². The van der Waals surface area contributed by atoms with E-state index in [2.05, 4.69) is 278 Å². The van der Waals surface area contributed by atoms with Crippen molar-refractivity contribution in [1.29, 1.82) is 0 Å². The highest BCUT2D eigenvalue weighted by Gasteiger charge is 2.25. The molecule has 0 saturated heterocycles. The summed E-state index contributed by atoms with van der Waals surface area (Å²) in [6.07, 6.45) is 29.1. The molecule has 364 valence electrons. The fraction of sp³-hybridized carbons (Fsp3) is 0.0959. The SMILES string of the molecule is C=C/C=C(\C=C/Cc1ccc(N(c2ccc(Cc3cc(C)cc(-c4ccccc4)c3)cc2)c2cccc(/C3=C/C=C\CN(c4ccccc4)C4=C(C=CC5=C(CCC=C5)C4)C3=C)c2)cc1)c1cccc2ccccc12. The van der Waals surface area contributed by atoms with Gasteiger partial charge in [-0.3, -0.25) is 0 Å². The first kappa shape index (κ1) is 48.3. The fourth-order valence-electron chi connectivity index (χ4n) is 11.0. The number of benzene rings is 8. The van der Waals surface area contributed by atoms with E-state index in [4.69, 9.17) is 6.58 Å². The predicted octanol–water partition coefficient (Wildman–Crippen LogP) is 19.1. The molecular weight excluding hydrogens is 905 g/mol. The average Bonchev–Trinajstić information content (AvgIpc) is 3.61. The van der Waals surface area contributed by atoms with Crippen molar-refractivity contribution in [2.24, 2.45) is 0 Å². The molecule has 11 rings (SSSR count). The molecule has 1 aliphatic heterocycles.